The fourth-order valence-electron chi connectivity index (χ4n) is 6.94. The summed E-state index contributed by atoms with van der Waals surface area (Å²) >= 11 is 0. The van der Waals surface area contributed by atoms with Gasteiger partial charge in [-0.1, -0.05) is 45.0 Å². The second-order valence-corrected chi connectivity index (χ2v) is 14.4. The SMILES string of the molecule is CC1CCCCN1c1nnc2ccc(O[C@@H]3CC[C@H](NC(=O)Nc4cc(C(C)(C)C)nn4-c4ccc(F)c(OCCO)c4)c4ccccc43)cn12. The lowest BCUT2D eigenvalue weighted by Crippen LogP contribution is -2.38. The highest BCUT2D eigenvalue weighted by molar-refractivity contribution is 5.89. The number of benzene rings is 2. The molecule has 1 fully saturated rings. The molecule has 3 N–H and O–H groups in total. The molecule has 3 atom stereocenters. The van der Waals surface area contributed by atoms with Gasteiger partial charge < -0.3 is 24.8 Å². The van der Waals surface area contributed by atoms with Gasteiger partial charge in [-0.25, -0.2) is 13.9 Å². The lowest BCUT2D eigenvalue weighted by Gasteiger charge is -2.33. The highest BCUT2D eigenvalue weighted by atomic mass is 19.1. The van der Waals surface area contributed by atoms with Crippen LogP contribution in [0.25, 0.3) is 11.3 Å². The lowest BCUT2D eigenvalue weighted by atomic mass is 9.85. The van der Waals surface area contributed by atoms with Crippen LogP contribution in [0.5, 0.6) is 11.5 Å². The number of amides is 2. The number of nitrogens with one attached hydrogen (secondary N) is 2. The zero-order valence-corrected chi connectivity index (χ0v) is 29.5. The molecule has 4 heterocycles. The second-order valence-electron chi connectivity index (χ2n) is 14.4. The van der Waals surface area contributed by atoms with Crippen molar-refractivity contribution in [3.8, 4) is 17.2 Å². The van der Waals surface area contributed by atoms with Gasteiger partial charge in [0.2, 0.25) is 5.95 Å². The van der Waals surface area contributed by atoms with Gasteiger partial charge in [-0.2, -0.15) is 5.10 Å². The van der Waals surface area contributed by atoms with Crippen LogP contribution in [0.1, 0.15) is 88.8 Å². The number of pyridine rings is 1. The quantitative estimate of drug-likeness (QED) is 0.152. The van der Waals surface area contributed by atoms with E-state index < -0.39 is 11.8 Å². The van der Waals surface area contributed by atoms with Gasteiger partial charge in [-0.3, -0.25) is 9.72 Å². The van der Waals surface area contributed by atoms with E-state index in [0.29, 0.717) is 30.4 Å². The number of carbonyl (C=O) groups is 1. The van der Waals surface area contributed by atoms with Crippen LogP contribution in [-0.2, 0) is 5.41 Å². The first-order valence-corrected chi connectivity index (χ1v) is 17.7. The third kappa shape index (κ3) is 7.21. The van der Waals surface area contributed by atoms with Crippen molar-refractivity contribution >= 4 is 23.4 Å². The van der Waals surface area contributed by atoms with Crippen LogP contribution in [0.4, 0.5) is 21.0 Å². The Morgan fingerprint density at radius 3 is 2.63 bits per heavy atom. The molecule has 12 nitrogen and oxygen atoms in total. The molecule has 1 aliphatic carbocycles. The number of ether oxygens (including phenoxy) is 2. The van der Waals surface area contributed by atoms with Gasteiger partial charge >= 0.3 is 6.03 Å². The number of hydrogen-bond donors (Lipinski definition) is 3. The van der Waals surface area contributed by atoms with Gasteiger partial charge in [0.15, 0.2) is 17.2 Å². The molecule has 0 spiro atoms. The fraction of sp³-hybridized carbons (Fsp3) is 0.421. The molecule has 2 aliphatic rings. The molecule has 51 heavy (non-hydrogen) atoms. The molecular formula is C38H45FN8O4. The van der Waals surface area contributed by atoms with E-state index in [0.717, 1.165) is 53.6 Å². The van der Waals surface area contributed by atoms with Gasteiger partial charge in [0.05, 0.1) is 30.2 Å². The molecular weight excluding hydrogens is 651 g/mol. The molecule has 5 aromatic rings. The number of halogens is 1. The molecule has 1 aliphatic heterocycles. The van der Waals surface area contributed by atoms with Crippen molar-refractivity contribution in [1.82, 2.24) is 29.7 Å². The second kappa shape index (κ2) is 14.2. The number of fused-ring (bicyclic) bond motifs is 2. The Morgan fingerprint density at radius 1 is 1.02 bits per heavy atom. The van der Waals surface area contributed by atoms with Crippen LogP contribution < -0.4 is 25.0 Å². The van der Waals surface area contributed by atoms with Gasteiger partial charge in [-0.05, 0) is 74.4 Å². The Hall–Kier alpha value is -5.17. The van der Waals surface area contributed by atoms with Crippen molar-refractivity contribution in [3.63, 3.8) is 0 Å². The third-order valence-corrected chi connectivity index (χ3v) is 9.66. The molecule has 0 radical (unpaired) electrons. The fourth-order valence-corrected chi connectivity index (χ4v) is 6.94. The monoisotopic (exact) mass is 696 g/mol. The van der Waals surface area contributed by atoms with Crippen molar-refractivity contribution in [2.75, 3.05) is 30.0 Å². The maximum Gasteiger partial charge on any atom is 0.320 e. The number of urea groups is 1. The van der Waals surface area contributed by atoms with Crippen LogP contribution in [0.15, 0.2) is 66.9 Å². The van der Waals surface area contributed by atoms with Crippen molar-refractivity contribution < 1.29 is 23.8 Å². The Balaban J connectivity index is 1.09. The summed E-state index contributed by atoms with van der Waals surface area (Å²) in [5.41, 5.74) is 3.71. The topological polar surface area (TPSA) is 131 Å². The van der Waals surface area contributed by atoms with Crippen LogP contribution in [0, 0.1) is 5.82 Å². The van der Waals surface area contributed by atoms with Gasteiger partial charge in [0, 0.05) is 30.1 Å². The zero-order chi connectivity index (χ0) is 35.7. The molecule has 3 aromatic heterocycles. The maximum absolute atomic E-state index is 14.5. The molecule has 1 unspecified atom stereocenters. The van der Waals surface area contributed by atoms with Crippen molar-refractivity contribution in [1.29, 1.82) is 0 Å². The van der Waals surface area contributed by atoms with Crippen molar-refractivity contribution in [3.05, 3.63) is 89.5 Å². The van der Waals surface area contributed by atoms with Crippen LogP contribution >= 0.6 is 0 Å². The number of anilines is 2. The largest absolute Gasteiger partial charge is 0.488 e. The molecule has 1 saturated heterocycles. The summed E-state index contributed by atoms with van der Waals surface area (Å²) in [6.45, 7) is 8.98. The Morgan fingerprint density at radius 2 is 1.84 bits per heavy atom. The summed E-state index contributed by atoms with van der Waals surface area (Å²) in [4.78, 5) is 16.0. The average Bonchev–Trinajstić information content (AvgIpc) is 3.74. The first-order chi connectivity index (χ1) is 24.6. The summed E-state index contributed by atoms with van der Waals surface area (Å²) in [5, 5.41) is 29.0. The third-order valence-electron chi connectivity index (χ3n) is 9.66. The van der Waals surface area contributed by atoms with Crippen molar-refractivity contribution in [2.45, 2.75) is 83.4 Å². The van der Waals surface area contributed by atoms with E-state index >= 15 is 0 Å². The number of piperidine rings is 1. The molecule has 0 saturated carbocycles. The Bertz CT molecular complexity index is 2020. The highest BCUT2D eigenvalue weighted by Crippen LogP contribution is 2.39. The number of carbonyl (C=O) groups excluding carboxylic acids is 1. The van der Waals surface area contributed by atoms with E-state index in [1.54, 1.807) is 10.7 Å². The van der Waals surface area contributed by atoms with E-state index in [2.05, 4.69) is 38.7 Å². The minimum atomic E-state index is -0.558. The van der Waals surface area contributed by atoms with E-state index in [1.807, 2.05) is 67.8 Å². The van der Waals surface area contributed by atoms with Gasteiger partial charge in [-0.15, -0.1) is 10.2 Å². The summed E-state index contributed by atoms with van der Waals surface area (Å²) in [6.07, 6.45) is 6.63. The van der Waals surface area contributed by atoms with Gasteiger partial charge in [0.25, 0.3) is 0 Å². The molecule has 2 aromatic carbocycles. The first-order valence-electron chi connectivity index (χ1n) is 17.7. The van der Waals surface area contributed by atoms with E-state index in [4.69, 9.17) is 19.7 Å². The zero-order valence-electron chi connectivity index (χ0n) is 29.5. The number of aliphatic hydroxyl groups excluding tert-OH is 1. The van der Waals surface area contributed by atoms with E-state index in [-0.39, 0.29) is 36.5 Å². The van der Waals surface area contributed by atoms with Crippen LogP contribution in [0.2, 0.25) is 0 Å². The molecule has 7 rings (SSSR count). The number of rotatable bonds is 9. The normalized spacial score (nSPS) is 19.1. The van der Waals surface area contributed by atoms with E-state index in [9.17, 15) is 9.18 Å². The van der Waals surface area contributed by atoms with Crippen LogP contribution in [0.3, 0.4) is 0 Å². The summed E-state index contributed by atoms with van der Waals surface area (Å²) in [7, 11) is 0. The summed E-state index contributed by atoms with van der Waals surface area (Å²) < 4.78 is 30.1. The smallest absolute Gasteiger partial charge is 0.320 e. The maximum atomic E-state index is 14.5. The predicted molar refractivity (Wildman–Crippen MR) is 192 cm³/mol. The number of nitrogens with zero attached hydrogens (tertiary/aromatic N) is 6. The first kappa shape index (κ1) is 34.3. The van der Waals surface area contributed by atoms with E-state index in [1.165, 1.54) is 18.6 Å². The predicted octanol–water partition coefficient (Wildman–Crippen LogP) is 6.88. The average molecular weight is 697 g/mol. The van der Waals surface area contributed by atoms with Gasteiger partial charge in [0.1, 0.15) is 24.3 Å². The number of aromatic nitrogens is 5. The van der Waals surface area contributed by atoms with Crippen molar-refractivity contribution in [2.24, 2.45) is 0 Å². The lowest BCUT2D eigenvalue weighted by molar-refractivity contribution is 0.171. The minimum absolute atomic E-state index is 0.0148. The molecule has 0 bridgehead atoms. The number of hydrogen-bond acceptors (Lipinski definition) is 8. The summed E-state index contributed by atoms with van der Waals surface area (Å²) in [5.74, 6) is 1.42. The van der Waals surface area contributed by atoms with Crippen LogP contribution in [-0.4, -0.2) is 61.3 Å². The molecule has 268 valence electrons. The molecule has 2 amide bonds. The Kier molecular flexibility index (Phi) is 9.56. The minimum Gasteiger partial charge on any atom is -0.488 e. The summed E-state index contributed by atoms with van der Waals surface area (Å²) in [6, 6.07) is 17.8. The Labute approximate surface area is 296 Å². The standard InChI is InChI=1S/C38H45FN8O4/c1-24-9-7-8-18-45(24)37-43-42-34-17-13-26(23-46(34)37)51-31-16-15-30(27-10-5-6-11-28(27)31)40-36(49)41-35-22-33(38(2,3)4)44-47(35)25-12-14-29(39)32(21-25)50-20-19-48/h5-6,10-14,17,21-24,30-31,48H,7-9,15-16,18-20H2,1-4H3,(H2,40,41,49)/t24?,30-,31+/m0/s1. The molecule has 13 heteroatoms. The highest BCUT2D eigenvalue weighted by Gasteiger charge is 2.31. The number of aliphatic hydroxyl groups is 1.